The number of carbonyl (C=O) groups excluding carboxylic acids is 2. The molecule has 0 aliphatic heterocycles. The number of rotatable bonds is 5. The summed E-state index contributed by atoms with van der Waals surface area (Å²) >= 11 is 0. The smallest absolute Gasteiger partial charge is 0.252 e. The molecule has 0 saturated carbocycles. The minimum Gasteiger partial charge on any atom is -0.368 e. The highest BCUT2D eigenvalue weighted by atomic mass is 16.2. The predicted octanol–water partition coefficient (Wildman–Crippen LogP) is 3.82. The second-order valence-corrected chi connectivity index (χ2v) is 6.80. The van der Waals surface area contributed by atoms with Crippen LogP contribution in [-0.4, -0.2) is 17.9 Å². The van der Waals surface area contributed by atoms with E-state index in [1.54, 1.807) is 6.07 Å². The SMILES string of the molecule is NC(=O)[C@H](Cc1cccc2ccccc12)NC(=O)c1cccc2ccccc12. The van der Waals surface area contributed by atoms with Crippen LogP contribution in [0.4, 0.5) is 0 Å². The second-order valence-electron chi connectivity index (χ2n) is 6.80. The van der Waals surface area contributed by atoms with E-state index in [9.17, 15) is 9.59 Å². The van der Waals surface area contributed by atoms with Gasteiger partial charge in [0.2, 0.25) is 5.91 Å². The number of primary amides is 1. The van der Waals surface area contributed by atoms with Gasteiger partial charge in [0.25, 0.3) is 5.91 Å². The maximum Gasteiger partial charge on any atom is 0.252 e. The molecule has 0 aliphatic rings. The van der Waals surface area contributed by atoms with Crippen molar-refractivity contribution in [1.29, 1.82) is 0 Å². The molecule has 0 aromatic heterocycles. The molecule has 0 fully saturated rings. The second kappa shape index (κ2) is 7.53. The van der Waals surface area contributed by atoms with E-state index in [1.807, 2.05) is 78.9 Å². The molecule has 4 heteroatoms. The van der Waals surface area contributed by atoms with Crippen LogP contribution in [-0.2, 0) is 11.2 Å². The molecule has 4 aromatic carbocycles. The topological polar surface area (TPSA) is 72.2 Å². The maximum absolute atomic E-state index is 12.9. The number of hydrogen-bond acceptors (Lipinski definition) is 2. The van der Waals surface area contributed by atoms with E-state index in [0.717, 1.165) is 27.1 Å². The summed E-state index contributed by atoms with van der Waals surface area (Å²) in [6, 6.07) is 26.3. The third-order valence-electron chi connectivity index (χ3n) is 4.99. The lowest BCUT2D eigenvalue weighted by Gasteiger charge is -2.17. The summed E-state index contributed by atoms with van der Waals surface area (Å²) in [6.07, 6.45) is 0.340. The third kappa shape index (κ3) is 3.45. The monoisotopic (exact) mass is 368 g/mol. The number of hydrogen-bond donors (Lipinski definition) is 2. The Morgan fingerprint density at radius 2 is 1.32 bits per heavy atom. The molecule has 0 unspecified atom stereocenters. The molecule has 0 saturated heterocycles. The van der Waals surface area contributed by atoms with Gasteiger partial charge in [0.1, 0.15) is 6.04 Å². The zero-order chi connectivity index (χ0) is 19.5. The molecule has 0 bridgehead atoms. The molecule has 3 N–H and O–H groups in total. The van der Waals surface area contributed by atoms with Crippen LogP contribution in [0.3, 0.4) is 0 Å². The molecule has 0 aliphatic carbocycles. The minimum absolute atomic E-state index is 0.305. The van der Waals surface area contributed by atoms with Crippen molar-refractivity contribution < 1.29 is 9.59 Å². The normalized spacial score (nSPS) is 12.0. The van der Waals surface area contributed by atoms with Crippen molar-refractivity contribution in [2.24, 2.45) is 5.73 Å². The summed E-state index contributed by atoms with van der Waals surface area (Å²) in [5.41, 5.74) is 7.12. The highest BCUT2D eigenvalue weighted by Crippen LogP contribution is 2.21. The van der Waals surface area contributed by atoms with Gasteiger partial charge in [-0.15, -0.1) is 0 Å². The fraction of sp³-hybridized carbons (Fsp3) is 0.0833. The molecule has 138 valence electrons. The van der Waals surface area contributed by atoms with Gasteiger partial charge in [0.15, 0.2) is 0 Å². The van der Waals surface area contributed by atoms with Crippen molar-refractivity contribution in [3.63, 3.8) is 0 Å². The van der Waals surface area contributed by atoms with Crippen LogP contribution in [0.2, 0.25) is 0 Å². The molecular formula is C24H20N2O2. The standard InChI is InChI=1S/C24H20N2O2/c25-23(27)22(15-18-11-5-9-16-7-1-3-12-19(16)18)26-24(28)21-14-6-10-17-8-2-4-13-20(17)21/h1-14,22H,15H2,(H2,25,27)(H,26,28)/t22-/m0/s1. The van der Waals surface area contributed by atoms with Crippen LogP contribution < -0.4 is 11.1 Å². The highest BCUT2D eigenvalue weighted by molar-refractivity contribution is 6.08. The maximum atomic E-state index is 12.9. The van der Waals surface area contributed by atoms with Crippen molar-refractivity contribution in [3.8, 4) is 0 Å². The van der Waals surface area contributed by atoms with Gasteiger partial charge in [-0.05, 0) is 33.2 Å². The lowest BCUT2D eigenvalue weighted by molar-refractivity contribution is -0.119. The number of amides is 2. The largest absolute Gasteiger partial charge is 0.368 e. The Bertz CT molecular complexity index is 1170. The fourth-order valence-electron chi connectivity index (χ4n) is 3.57. The van der Waals surface area contributed by atoms with E-state index in [2.05, 4.69) is 5.32 Å². The van der Waals surface area contributed by atoms with Gasteiger partial charge in [0, 0.05) is 12.0 Å². The average molecular weight is 368 g/mol. The number of fused-ring (bicyclic) bond motifs is 2. The Kier molecular flexibility index (Phi) is 4.77. The van der Waals surface area contributed by atoms with Gasteiger partial charge < -0.3 is 11.1 Å². The van der Waals surface area contributed by atoms with E-state index in [1.165, 1.54) is 0 Å². The van der Waals surface area contributed by atoms with Gasteiger partial charge in [0.05, 0.1) is 0 Å². The van der Waals surface area contributed by atoms with Gasteiger partial charge >= 0.3 is 0 Å². The molecule has 4 aromatic rings. The van der Waals surface area contributed by atoms with Gasteiger partial charge in [-0.2, -0.15) is 0 Å². The summed E-state index contributed by atoms with van der Waals surface area (Å²) in [7, 11) is 0. The van der Waals surface area contributed by atoms with E-state index >= 15 is 0 Å². The summed E-state index contributed by atoms with van der Waals surface area (Å²) in [6.45, 7) is 0. The summed E-state index contributed by atoms with van der Waals surface area (Å²) in [5.74, 6) is -0.859. The molecule has 1 atom stereocenters. The molecule has 0 heterocycles. The Labute approximate surface area is 163 Å². The zero-order valence-electron chi connectivity index (χ0n) is 15.3. The molecular weight excluding hydrogens is 348 g/mol. The molecule has 28 heavy (non-hydrogen) atoms. The number of carbonyl (C=O) groups is 2. The first kappa shape index (κ1) is 17.7. The van der Waals surface area contributed by atoms with Gasteiger partial charge in [-0.25, -0.2) is 0 Å². The minimum atomic E-state index is -0.794. The summed E-state index contributed by atoms with van der Waals surface area (Å²) in [5, 5.41) is 6.78. The van der Waals surface area contributed by atoms with Crippen LogP contribution in [0, 0.1) is 0 Å². The van der Waals surface area contributed by atoms with Gasteiger partial charge in [-0.1, -0.05) is 78.9 Å². The fourth-order valence-corrected chi connectivity index (χ4v) is 3.57. The third-order valence-corrected chi connectivity index (χ3v) is 4.99. The lowest BCUT2D eigenvalue weighted by Crippen LogP contribution is -2.45. The number of nitrogens with one attached hydrogen (secondary N) is 1. The first-order chi connectivity index (χ1) is 13.6. The zero-order valence-corrected chi connectivity index (χ0v) is 15.3. The van der Waals surface area contributed by atoms with Crippen LogP contribution >= 0.6 is 0 Å². The van der Waals surface area contributed by atoms with Gasteiger partial charge in [-0.3, -0.25) is 9.59 Å². The highest BCUT2D eigenvalue weighted by Gasteiger charge is 2.21. The Hall–Kier alpha value is -3.66. The van der Waals surface area contributed by atoms with Crippen molar-refractivity contribution in [2.75, 3.05) is 0 Å². The molecule has 0 radical (unpaired) electrons. The van der Waals surface area contributed by atoms with E-state index < -0.39 is 11.9 Å². The van der Waals surface area contributed by atoms with Crippen molar-refractivity contribution in [2.45, 2.75) is 12.5 Å². The molecule has 4 rings (SSSR count). The average Bonchev–Trinajstić information content (AvgIpc) is 2.73. The number of nitrogens with two attached hydrogens (primary N) is 1. The summed E-state index contributed by atoms with van der Waals surface area (Å²) in [4.78, 5) is 25.0. The van der Waals surface area contributed by atoms with E-state index in [4.69, 9.17) is 5.73 Å². The molecule has 2 amide bonds. The van der Waals surface area contributed by atoms with Crippen LogP contribution in [0.5, 0.6) is 0 Å². The Morgan fingerprint density at radius 3 is 2.04 bits per heavy atom. The van der Waals surface area contributed by atoms with E-state index in [0.29, 0.717) is 12.0 Å². The first-order valence-electron chi connectivity index (χ1n) is 9.18. The first-order valence-corrected chi connectivity index (χ1v) is 9.18. The van der Waals surface area contributed by atoms with Crippen LogP contribution in [0.1, 0.15) is 15.9 Å². The van der Waals surface area contributed by atoms with Crippen molar-refractivity contribution in [1.82, 2.24) is 5.32 Å². The lowest BCUT2D eigenvalue weighted by atomic mass is 9.98. The van der Waals surface area contributed by atoms with Crippen LogP contribution in [0.15, 0.2) is 84.9 Å². The number of benzene rings is 4. The van der Waals surface area contributed by atoms with Crippen molar-refractivity contribution in [3.05, 3.63) is 96.1 Å². The van der Waals surface area contributed by atoms with E-state index in [-0.39, 0.29) is 5.91 Å². The Morgan fingerprint density at radius 1 is 0.750 bits per heavy atom. The van der Waals surface area contributed by atoms with Crippen LogP contribution in [0.25, 0.3) is 21.5 Å². The summed E-state index contributed by atoms with van der Waals surface area (Å²) < 4.78 is 0. The molecule has 4 nitrogen and oxygen atoms in total. The van der Waals surface area contributed by atoms with Crippen molar-refractivity contribution >= 4 is 33.4 Å². The predicted molar refractivity (Wildman–Crippen MR) is 112 cm³/mol. The Balaban J connectivity index is 1.63. The quantitative estimate of drug-likeness (QED) is 0.562. The molecule has 0 spiro atoms.